The van der Waals surface area contributed by atoms with Gasteiger partial charge in [0.05, 0.1) is 10.6 Å². The van der Waals surface area contributed by atoms with E-state index in [1.807, 2.05) is 41.8 Å². The highest BCUT2D eigenvalue weighted by atomic mass is 32.1. The summed E-state index contributed by atoms with van der Waals surface area (Å²) in [5.41, 5.74) is 14.4. The van der Waals surface area contributed by atoms with Gasteiger partial charge in [-0.15, -0.1) is 11.3 Å². The van der Waals surface area contributed by atoms with Crippen LogP contribution in [0.1, 0.15) is 22.4 Å². The molecule has 2 aromatic carbocycles. The molecule has 1 amide bonds. The SMILES string of the molecule is NC(=O)C(=Cc1ccccc1O)CCc1ccc(N=C(N)c2cccs2)cc1. The highest BCUT2D eigenvalue weighted by Gasteiger charge is 2.08. The van der Waals surface area contributed by atoms with Gasteiger partial charge >= 0.3 is 0 Å². The first-order valence-corrected chi connectivity index (χ1v) is 9.66. The summed E-state index contributed by atoms with van der Waals surface area (Å²) in [6, 6.07) is 18.4. The van der Waals surface area contributed by atoms with E-state index in [9.17, 15) is 9.90 Å². The molecule has 0 saturated carbocycles. The van der Waals surface area contributed by atoms with Crippen molar-refractivity contribution in [3.05, 3.63) is 87.6 Å². The van der Waals surface area contributed by atoms with Gasteiger partial charge in [-0.3, -0.25) is 4.79 Å². The number of amides is 1. The number of aliphatic imine (C=N–C) groups is 1. The molecule has 5 nitrogen and oxygen atoms in total. The van der Waals surface area contributed by atoms with E-state index in [0.29, 0.717) is 29.8 Å². The van der Waals surface area contributed by atoms with E-state index in [4.69, 9.17) is 11.5 Å². The van der Waals surface area contributed by atoms with Crippen molar-refractivity contribution in [1.82, 2.24) is 0 Å². The molecule has 28 heavy (non-hydrogen) atoms. The van der Waals surface area contributed by atoms with Gasteiger partial charge in [0.25, 0.3) is 0 Å². The number of primary amides is 1. The molecule has 1 aromatic heterocycles. The van der Waals surface area contributed by atoms with Crippen LogP contribution >= 0.6 is 11.3 Å². The Kier molecular flexibility index (Phi) is 6.24. The largest absolute Gasteiger partial charge is 0.507 e. The number of rotatable bonds is 7. The Hall–Kier alpha value is -3.38. The van der Waals surface area contributed by atoms with Crippen LogP contribution in [0.3, 0.4) is 0 Å². The third kappa shape index (κ3) is 5.08. The maximum absolute atomic E-state index is 11.8. The van der Waals surface area contributed by atoms with Crippen LogP contribution in [0.5, 0.6) is 5.75 Å². The second-order valence-corrected chi connectivity index (χ2v) is 7.18. The fourth-order valence-electron chi connectivity index (χ4n) is 2.70. The van der Waals surface area contributed by atoms with Gasteiger partial charge in [-0.2, -0.15) is 0 Å². The number of hydrogen-bond acceptors (Lipinski definition) is 4. The van der Waals surface area contributed by atoms with Gasteiger partial charge in [0.2, 0.25) is 5.91 Å². The lowest BCUT2D eigenvalue weighted by molar-refractivity contribution is -0.114. The molecule has 0 aliphatic heterocycles. The number of thiophene rings is 1. The summed E-state index contributed by atoms with van der Waals surface area (Å²) >= 11 is 1.55. The number of aromatic hydroxyl groups is 1. The van der Waals surface area contributed by atoms with Crippen molar-refractivity contribution in [2.24, 2.45) is 16.5 Å². The zero-order valence-corrected chi connectivity index (χ0v) is 16.0. The third-order valence-corrected chi connectivity index (χ3v) is 5.12. The molecule has 142 valence electrons. The van der Waals surface area contributed by atoms with E-state index in [1.165, 1.54) is 0 Å². The molecule has 0 aliphatic rings. The van der Waals surface area contributed by atoms with Crippen LogP contribution in [0.4, 0.5) is 5.69 Å². The standard InChI is InChI=1S/C22H21N3O2S/c23-21(20-6-3-13-28-20)25-18-11-8-15(9-12-18)7-10-17(22(24)27)14-16-4-1-2-5-19(16)26/h1-6,8-9,11-14,26H,7,10H2,(H2,23,25)(H2,24,27). The zero-order valence-electron chi connectivity index (χ0n) is 15.2. The van der Waals surface area contributed by atoms with E-state index >= 15 is 0 Å². The Labute approximate surface area is 167 Å². The molecule has 0 unspecified atom stereocenters. The van der Waals surface area contributed by atoms with Crippen LogP contribution in [0, 0.1) is 0 Å². The van der Waals surface area contributed by atoms with Crippen molar-refractivity contribution in [3.63, 3.8) is 0 Å². The molecule has 0 fully saturated rings. The first-order valence-electron chi connectivity index (χ1n) is 8.78. The van der Waals surface area contributed by atoms with Crippen molar-refractivity contribution in [1.29, 1.82) is 0 Å². The predicted octanol–water partition coefficient (Wildman–Crippen LogP) is 3.99. The predicted molar refractivity (Wildman–Crippen MR) is 115 cm³/mol. The third-order valence-electron chi connectivity index (χ3n) is 4.23. The normalized spacial score (nSPS) is 12.1. The van der Waals surface area contributed by atoms with Gasteiger partial charge in [0, 0.05) is 11.1 Å². The van der Waals surface area contributed by atoms with Crippen molar-refractivity contribution in [3.8, 4) is 5.75 Å². The topological polar surface area (TPSA) is 102 Å². The van der Waals surface area contributed by atoms with E-state index in [1.54, 1.807) is 41.7 Å². The second-order valence-electron chi connectivity index (χ2n) is 6.23. The monoisotopic (exact) mass is 391 g/mol. The number of benzene rings is 2. The average molecular weight is 391 g/mol. The van der Waals surface area contributed by atoms with Gasteiger partial charge in [0.15, 0.2) is 0 Å². The average Bonchev–Trinajstić information content (AvgIpc) is 3.22. The minimum atomic E-state index is -0.492. The van der Waals surface area contributed by atoms with Gasteiger partial charge in [-0.1, -0.05) is 36.4 Å². The quantitative estimate of drug-likeness (QED) is 0.322. The maximum atomic E-state index is 11.8. The molecule has 3 aromatic rings. The maximum Gasteiger partial charge on any atom is 0.244 e. The van der Waals surface area contributed by atoms with Crippen LogP contribution in [-0.4, -0.2) is 16.8 Å². The molecule has 0 aliphatic carbocycles. The zero-order chi connectivity index (χ0) is 19.9. The fraction of sp³-hybridized carbons (Fsp3) is 0.0909. The van der Waals surface area contributed by atoms with E-state index in [0.717, 1.165) is 16.1 Å². The summed E-state index contributed by atoms with van der Waals surface area (Å²) < 4.78 is 0. The number of phenols is 1. The van der Waals surface area contributed by atoms with Crippen LogP contribution in [0.25, 0.3) is 6.08 Å². The smallest absolute Gasteiger partial charge is 0.244 e. The highest BCUT2D eigenvalue weighted by Crippen LogP contribution is 2.22. The number of aryl methyl sites for hydroxylation is 1. The molecule has 3 rings (SSSR count). The molecule has 0 spiro atoms. The van der Waals surface area contributed by atoms with Crippen molar-refractivity contribution in [2.45, 2.75) is 12.8 Å². The van der Waals surface area contributed by atoms with Crippen LogP contribution < -0.4 is 11.5 Å². The van der Waals surface area contributed by atoms with E-state index in [2.05, 4.69) is 4.99 Å². The number of carbonyl (C=O) groups excluding carboxylic acids is 1. The number of carbonyl (C=O) groups is 1. The molecule has 6 heteroatoms. The Morgan fingerprint density at radius 3 is 2.43 bits per heavy atom. The lowest BCUT2D eigenvalue weighted by Crippen LogP contribution is -2.14. The fourth-order valence-corrected chi connectivity index (χ4v) is 3.33. The number of phenolic OH excluding ortho intramolecular Hbond substituents is 1. The van der Waals surface area contributed by atoms with Gasteiger partial charge in [-0.25, -0.2) is 4.99 Å². The summed E-state index contributed by atoms with van der Waals surface area (Å²) in [5, 5.41) is 11.8. The molecule has 0 radical (unpaired) electrons. The van der Waals surface area contributed by atoms with Crippen molar-refractivity contribution < 1.29 is 9.90 Å². The number of hydrogen-bond donors (Lipinski definition) is 3. The van der Waals surface area contributed by atoms with Crippen LogP contribution in [0.15, 0.2) is 76.6 Å². The van der Waals surface area contributed by atoms with Gasteiger partial charge < -0.3 is 16.6 Å². The molecular formula is C22H21N3O2S. The van der Waals surface area contributed by atoms with Crippen LogP contribution in [-0.2, 0) is 11.2 Å². The molecule has 0 saturated heterocycles. The Balaban J connectivity index is 1.69. The van der Waals surface area contributed by atoms with Crippen molar-refractivity contribution >= 4 is 34.8 Å². The molecule has 1 heterocycles. The van der Waals surface area contributed by atoms with Gasteiger partial charge in [0.1, 0.15) is 11.6 Å². The molecule has 0 atom stereocenters. The molecule has 5 N–H and O–H groups in total. The lowest BCUT2D eigenvalue weighted by atomic mass is 10.0. The molecular weight excluding hydrogens is 370 g/mol. The summed E-state index contributed by atoms with van der Waals surface area (Å²) in [4.78, 5) is 17.1. The number of para-hydroxylation sites is 1. The number of nitrogens with zero attached hydrogens (tertiary/aromatic N) is 1. The summed E-state index contributed by atoms with van der Waals surface area (Å²) in [5.74, 6) is 0.115. The first-order chi connectivity index (χ1) is 13.5. The highest BCUT2D eigenvalue weighted by molar-refractivity contribution is 7.12. The van der Waals surface area contributed by atoms with Gasteiger partial charge in [-0.05, 0) is 54.1 Å². The Bertz CT molecular complexity index is 1010. The summed E-state index contributed by atoms with van der Waals surface area (Å²) in [6.45, 7) is 0. The van der Waals surface area contributed by atoms with Crippen molar-refractivity contribution in [2.75, 3.05) is 0 Å². The summed E-state index contributed by atoms with van der Waals surface area (Å²) in [6.07, 6.45) is 2.76. The lowest BCUT2D eigenvalue weighted by Gasteiger charge is -2.06. The second kappa shape index (κ2) is 9.01. The minimum absolute atomic E-state index is 0.117. The number of nitrogens with two attached hydrogens (primary N) is 2. The Morgan fingerprint density at radius 2 is 1.79 bits per heavy atom. The minimum Gasteiger partial charge on any atom is -0.507 e. The van der Waals surface area contributed by atoms with E-state index < -0.39 is 5.91 Å². The summed E-state index contributed by atoms with van der Waals surface area (Å²) in [7, 11) is 0. The van der Waals surface area contributed by atoms with Crippen LogP contribution in [0.2, 0.25) is 0 Å². The Morgan fingerprint density at radius 1 is 1.04 bits per heavy atom. The molecule has 0 bridgehead atoms. The van der Waals surface area contributed by atoms with E-state index in [-0.39, 0.29) is 5.75 Å². The number of amidine groups is 1. The first kappa shape index (κ1) is 19.4.